The molecule has 0 aliphatic heterocycles. The summed E-state index contributed by atoms with van der Waals surface area (Å²) in [5.74, 6) is -0.277. The number of rotatable bonds is 6. The van der Waals surface area contributed by atoms with E-state index < -0.39 is 4.92 Å². The molecule has 2 N–H and O–H groups in total. The van der Waals surface area contributed by atoms with Gasteiger partial charge in [-0.25, -0.2) is 0 Å². The zero-order chi connectivity index (χ0) is 13.8. The van der Waals surface area contributed by atoms with Gasteiger partial charge in [0.05, 0.1) is 4.92 Å². The zero-order valence-corrected chi connectivity index (χ0v) is 10.8. The molecule has 1 saturated carbocycles. The maximum Gasteiger partial charge on any atom is 0.273 e. The highest BCUT2D eigenvalue weighted by atomic mass is 16.6. The van der Waals surface area contributed by atoms with Crippen molar-refractivity contribution in [1.29, 1.82) is 0 Å². The second-order valence-corrected chi connectivity index (χ2v) is 4.74. The van der Waals surface area contributed by atoms with E-state index in [-0.39, 0.29) is 11.6 Å². The maximum absolute atomic E-state index is 11.8. The molecule has 6 heteroatoms. The van der Waals surface area contributed by atoms with Crippen LogP contribution in [0.5, 0.6) is 0 Å². The van der Waals surface area contributed by atoms with Crippen molar-refractivity contribution in [3.8, 4) is 0 Å². The Hall–Kier alpha value is -1.95. The van der Waals surface area contributed by atoms with Crippen LogP contribution in [0.3, 0.4) is 0 Å². The average Bonchev–Trinajstić information content (AvgIpc) is 3.18. The van der Waals surface area contributed by atoms with Crippen molar-refractivity contribution in [2.75, 3.05) is 13.1 Å². The number of hydrogen-bond acceptors (Lipinski definition) is 4. The second-order valence-electron chi connectivity index (χ2n) is 4.74. The van der Waals surface area contributed by atoms with Crippen LogP contribution < -0.4 is 10.6 Å². The first-order chi connectivity index (χ1) is 9.08. The SMILES string of the molecule is Cc1ccc(C(=O)NCCNC2CC2)cc1[N+](=O)[O-]. The standard InChI is InChI=1S/C13H17N3O3/c1-9-2-3-10(8-12(9)16(18)19)13(17)15-7-6-14-11-4-5-11/h2-3,8,11,14H,4-7H2,1H3,(H,15,17). The summed E-state index contributed by atoms with van der Waals surface area (Å²) in [5, 5.41) is 16.8. The summed E-state index contributed by atoms with van der Waals surface area (Å²) in [6, 6.07) is 5.12. The number of nitrogens with one attached hydrogen (secondary N) is 2. The van der Waals surface area contributed by atoms with Gasteiger partial charge >= 0.3 is 0 Å². The maximum atomic E-state index is 11.8. The number of benzene rings is 1. The van der Waals surface area contributed by atoms with Gasteiger partial charge in [-0.15, -0.1) is 0 Å². The third-order valence-electron chi connectivity index (χ3n) is 3.09. The fourth-order valence-corrected chi connectivity index (χ4v) is 1.79. The van der Waals surface area contributed by atoms with Crippen molar-refractivity contribution in [2.24, 2.45) is 0 Å². The van der Waals surface area contributed by atoms with Crippen LogP contribution in [0.15, 0.2) is 18.2 Å². The molecule has 102 valence electrons. The Morgan fingerprint density at radius 1 is 1.42 bits per heavy atom. The monoisotopic (exact) mass is 263 g/mol. The molecule has 1 fully saturated rings. The third kappa shape index (κ3) is 3.75. The molecule has 0 atom stereocenters. The van der Waals surface area contributed by atoms with Gasteiger partial charge in [0.25, 0.3) is 11.6 Å². The first-order valence-corrected chi connectivity index (χ1v) is 6.34. The van der Waals surface area contributed by atoms with Crippen LogP contribution in [-0.4, -0.2) is 30.0 Å². The highest BCUT2D eigenvalue weighted by Crippen LogP contribution is 2.19. The predicted molar refractivity (Wildman–Crippen MR) is 71.2 cm³/mol. The van der Waals surface area contributed by atoms with Crippen LogP contribution in [0.4, 0.5) is 5.69 Å². The van der Waals surface area contributed by atoms with Gasteiger partial charge in [-0.3, -0.25) is 14.9 Å². The minimum atomic E-state index is -0.471. The lowest BCUT2D eigenvalue weighted by Crippen LogP contribution is -2.32. The molecule has 0 unspecified atom stereocenters. The van der Waals surface area contributed by atoms with Gasteiger partial charge in [0.1, 0.15) is 0 Å². The molecule has 0 radical (unpaired) electrons. The fourth-order valence-electron chi connectivity index (χ4n) is 1.79. The number of nitro groups is 1. The van der Waals surface area contributed by atoms with Crippen molar-refractivity contribution >= 4 is 11.6 Å². The Bertz CT molecular complexity index is 498. The topological polar surface area (TPSA) is 84.3 Å². The largest absolute Gasteiger partial charge is 0.351 e. The van der Waals surface area contributed by atoms with Crippen LogP contribution in [0, 0.1) is 17.0 Å². The van der Waals surface area contributed by atoms with E-state index in [4.69, 9.17) is 0 Å². The molecule has 1 aliphatic rings. The molecule has 0 heterocycles. The van der Waals surface area contributed by atoms with Crippen LogP contribution in [-0.2, 0) is 0 Å². The Morgan fingerprint density at radius 3 is 2.79 bits per heavy atom. The average molecular weight is 263 g/mol. The smallest absolute Gasteiger partial charge is 0.273 e. The van der Waals surface area contributed by atoms with Gasteiger partial charge in [-0.2, -0.15) is 0 Å². The van der Waals surface area contributed by atoms with Crippen molar-refractivity contribution in [3.05, 3.63) is 39.4 Å². The summed E-state index contributed by atoms with van der Waals surface area (Å²) in [7, 11) is 0. The van der Waals surface area contributed by atoms with Gasteiger partial charge in [-0.1, -0.05) is 6.07 Å². The summed E-state index contributed by atoms with van der Waals surface area (Å²) < 4.78 is 0. The summed E-state index contributed by atoms with van der Waals surface area (Å²) in [6.07, 6.45) is 2.41. The zero-order valence-electron chi connectivity index (χ0n) is 10.8. The highest BCUT2D eigenvalue weighted by Gasteiger charge is 2.20. The predicted octanol–water partition coefficient (Wildman–Crippen LogP) is 1.39. The lowest BCUT2D eigenvalue weighted by Gasteiger charge is -2.06. The minimum absolute atomic E-state index is 0.0243. The van der Waals surface area contributed by atoms with Crippen molar-refractivity contribution in [1.82, 2.24) is 10.6 Å². The van der Waals surface area contributed by atoms with Gasteiger partial charge in [0, 0.05) is 36.3 Å². The molecule has 0 spiro atoms. The molecule has 0 bridgehead atoms. The number of nitro benzene ring substituents is 1. The van der Waals surface area contributed by atoms with Crippen LogP contribution in [0.1, 0.15) is 28.8 Å². The van der Waals surface area contributed by atoms with Crippen molar-refractivity contribution in [2.45, 2.75) is 25.8 Å². The Balaban J connectivity index is 1.90. The summed E-state index contributed by atoms with van der Waals surface area (Å²) in [6.45, 7) is 2.90. The molecule has 1 amide bonds. The third-order valence-corrected chi connectivity index (χ3v) is 3.09. The lowest BCUT2D eigenvalue weighted by molar-refractivity contribution is -0.385. The molecule has 1 aliphatic carbocycles. The van der Waals surface area contributed by atoms with E-state index in [1.165, 1.54) is 18.9 Å². The first kappa shape index (κ1) is 13.5. The van der Waals surface area contributed by atoms with Crippen LogP contribution in [0.2, 0.25) is 0 Å². The molecule has 19 heavy (non-hydrogen) atoms. The number of nitrogens with zero attached hydrogens (tertiary/aromatic N) is 1. The molecule has 2 rings (SSSR count). The molecule has 6 nitrogen and oxygen atoms in total. The normalized spacial score (nSPS) is 14.2. The summed E-state index contributed by atoms with van der Waals surface area (Å²) in [4.78, 5) is 22.2. The highest BCUT2D eigenvalue weighted by molar-refractivity contribution is 5.94. The van der Waals surface area contributed by atoms with Crippen molar-refractivity contribution in [3.63, 3.8) is 0 Å². The molecule has 1 aromatic carbocycles. The van der Waals surface area contributed by atoms with E-state index in [0.29, 0.717) is 23.7 Å². The number of amides is 1. The fraction of sp³-hybridized carbons (Fsp3) is 0.462. The quantitative estimate of drug-likeness (QED) is 0.461. The van der Waals surface area contributed by atoms with E-state index in [9.17, 15) is 14.9 Å². The van der Waals surface area contributed by atoms with E-state index in [1.807, 2.05) is 0 Å². The Kier molecular flexibility index (Phi) is 4.11. The Morgan fingerprint density at radius 2 is 2.16 bits per heavy atom. The number of carbonyl (C=O) groups excluding carboxylic acids is 1. The number of aryl methyl sites for hydroxylation is 1. The number of carbonyl (C=O) groups is 1. The lowest BCUT2D eigenvalue weighted by atomic mass is 10.1. The molecular weight excluding hydrogens is 246 g/mol. The first-order valence-electron chi connectivity index (χ1n) is 6.34. The van der Waals surface area contributed by atoms with E-state index in [2.05, 4.69) is 10.6 Å². The van der Waals surface area contributed by atoms with Gasteiger partial charge in [0.2, 0.25) is 0 Å². The molecule has 0 saturated heterocycles. The van der Waals surface area contributed by atoms with Gasteiger partial charge in [-0.05, 0) is 25.8 Å². The van der Waals surface area contributed by atoms with E-state index in [0.717, 1.165) is 6.54 Å². The van der Waals surface area contributed by atoms with Crippen LogP contribution in [0.25, 0.3) is 0 Å². The molecular formula is C13H17N3O3. The second kappa shape index (κ2) is 5.79. The Labute approximate surface area is 111 Å². The number of hydrogen-bond donors (Lipinski definition) is 2. The minimum Gasteiger partial charge on any atom is -0.351 e. The van der Waals surface area contributed by atoms with E-state index >= 15 is 0 Å². The van der Waals surface area contributed by atoms with Gasteiger partial charge in [0.15, 0.2) is 0 Å². The molecule has 1 aromatic rings. The summed E-state index contributed by atoms with van der Waals surface area (Å²) >= 11 is 0. The van der Waals surface area contributed by atoms with E-state index in [1.54, 1.807) is 19.1 Å². The summed E-state index contributed by atoms with van der Waals surface area (Å²) in [5.41, 5.74) is 0.851. The van der Waals surface area contributed by atoms with Gasteiger partial charge < -0.3 is 10.6 Å². The van der Waals surface area contributed by atoms with Crippen molar-refractivity contribution < 1.29 is 9.72 Å². The molecule has 0 aromatic heterocycles. The van der Waals surface area contributed by atoms with Crippen LogP contribution >= 0.6 is 0 Å².